The molecule has 0 unspecified atom stereocenters. The summed E-state index contributed by atoms with van der Waals surface area (Å²) >= 11 is 5.73. The van der Waals surface area contributed by atoms with E-state index in [1.807, 2.05) is 0 Å². The van der Waals surface area contributed by atoms with Crippen molar-refractivity contribution in [3.8, 4) is 0 Å². The summed E-state index contributed by atoms with van der Waals surface area (Å²) in [6.07, 6.45) is 2.14. The lowest BCUT2D eigenvalue weighted by atomic mass is 10.2. The summed E-state index contributed by atoms with van der Waals surface area (Å²) < 4.78 is 13.1. The molecule has 1 aromatic carbocycles. The number of halogens is 2. The zero-order valence-electron chi connectivity index (χ0n) is 11.8. The second-order valence-corrected chi connectivity index (χ2v) is 5.47. The second-order valence-electron chi connectivity index (χ2n) is 5.06. The van der Waals surface area contributed by atoms with Crippen molar-refractivity contribution in [2.75, 3.05) is 31.2 Å². The largest absolute Gasteiger partial charge is 0.397 e. The van der Waals surface area contributed by atoms with E-state index in [4.69, 9.17) is 17.3 Å². The number of nitrogen functional groups attached to an aromatic ring is 1. The van der Waals surface area contributed by atoms with Gasteiger partial charge in [0.1, 0.15) is 5.82 Å². The van der Waals surface area contributed by atoms with Gasteiger partial charge < -0.3 is 16.0 Å². The van der Waals surface area contributed by atoms with Gasteiger partial charge in [-0.1, -0.05) is 11.6 Å². The first-order chi connectivity index (χ1) is 8.91. The summed E-state index contributed by atoms with van der Waals surface area (Å²) in [4.78, 5) is 2.31. The van der Waals surface area contributed by atoms with Crippen LogP contribution in [0.25, 0.3) is 0 Å². The van der Waals surface area contributed by atoms with E-state index in [0.29, 0.717) is 17.4 Å². The van der Waals surface area contributed by atoms with Crippen molar-refractivity contribution in [3.05, 3.63) is 23.0 Å². The van der Waals surface area contributed by atoms with Gasteiger partial charge in [0, 0.05) is 18.7 Å². The molecule has 0 spiro atoms. The number of benzene rings is 1. The Hall–Kier alpha value is -1.00. The highest BCUT2D eigenvalue weighted by Crippen LogP contribution is 2.26. The quantitative estimate of drug-likeness (QED) is 0.595. The fourth-order valence-corrected chi connectivity index (χ4v) is 1.85. The van der Waals surface area contributed by atoms with Crippen molar-refractivity contribution in [3.63, 3.8) is 0 Å². The van der Waals surface area contributed by atoms with Gasteiger partial charge in [-0.2, -0.15) is 0 Å². The molecular weight excluding hydrogens is 265 g/mol. The SMILES string of the molecule is CC(C)N(C)CCCCNc1cc(Cl)c(F)cc1N. The van der Waals surface area contributed by atoms with E-state index in [-0.39, 0.29) is 5.02 Å². The molecule has 0 fully saturated rings. The van der Waals surface area contributed by atoms with Crippen molar-refractivity contribution in [2.24, 2.45) is 0 Å². The van der Waals surface area contributed by atoms with Gasteiger partial charge in [-0.3, -0.25) is 0 Å². The number of rotatable bonds is 7. The maximum Gasteiger partial charge on any atom is 0.143 e. The number of hydrogen-bond acceptors (Lipinski definition) is 3. The molecule has 5 heteroatoms. The number of anilines is 2. The number of nitrogens with two attached hydrogens (primary N) is 1. The minimum atomic E-state index is -0.483. The van der Waals surface area contributed by atoms with Crippen LogP contribution in [0.3, 0.4) is 0 Å². The molecule has 3 N–H and O–H groups in total. The first kappa shape index (κ1) is 16.1. The molecule has 0 amide bonds. The average Bonchev–Trinajstić information content (AvgIpc) is 2.34. The Labute approximate surface area is 119 Å². The van der Waals surface area contributed by atoms with E-state index >= 15 is 0 Å². The van der Waals surface area contributed by atoms with E-state index in [2.05, 4.69) is 31.1 Å². The lowest BCUT2D eigenvalue weighted by molar-refractivity contribution is 0.269. The number of hydrogen-bond donors (Lipinski definition) is 2. The van der Waals surface area contributed by atoms with E-state index in [1.165, 1.54) is 12.1 Å². The molecule has 19 heavy (non-hydrogen) atoms. The van der Waals surface area contributed by atoms with Gasteiger partial charge in [0.25, 0.3) is 0 Å². The molecule has 0 aliphatic rings. The summed E-state index contributed by atoms with van der Waals surface area (Å²) in [5.41, 5.74) is 6.81. The van der Waals surface area contributed by atoms with Gasteiger partial charge in [0.2, 0.25) is 0 Å². The van der Waals surface area contributed by atoms with E-state index < -0.39 is 5.82 Å². The van der Waals surface area contributed by atoms with Gasteiger partial charge in [0.15, 0.2) is 0 Å². The van der Waals surface area contributed by atoms with Gasteiger partial charge >= 0.3 is 0 Å². The summed E-state index contributed by atoms with van der Waals surface area (Å²) in [5, 5.41) is 3.28. The predicted molar refractivity (Wildman–Crippen MR) is 81.3 cm³/mol. The fraction of sp³-hybridized carbons (Fsp3) is 0.571. The molecule has 108 valence electrons. The second kappa shape index (κ2) is 7.56. The lowest BCUT2D eigenvalue weighted by Gasteiger charge is -2.20. The third kappa shape index (κ3) is 5.25. The summed E-state index contributed by atoms with van der Waals surface area (Å²) in [5.74, 6) is -0.483. The van der Waals surface area contributed by atoms with Crippen LogP contribution in [0.1, 0.15) is 26.7 Å². The lowest BCUT2D eigenvalue weighted by Crippen LogP contribution is -2.27. The molecular formula is C14H23ClFN3. The minimum Gasteiger partial charge on any atom is -0.397 e. The molecule has 0 aliphatic heterocycles. The number of unbranched alkanes of at least 4 members (excludes halogenated alkanes) is 1. The van der Waals surface area contributed by atoms with Crippen LogP contribution in [0.15, 0.2) is 12.1 Å². The van der Waals surface area contributed by atoms with Crippen LogP contribution in [0, 0.1) is 5.82 Å². The molecule has 0 atom stereocenters. The number of nitrogens with zero attached hydrogens (tertiary/aromatic N) is 1. The van der Waals surface area contributed by atoms with Crippen molar-refractivity contribution >= 4 is 23.0 Å². The van der Waals surface area contributed by atoms with Crippen molar-refractivity contribution in [1.82, 2.24) is 4.90 Å². The summed E-state index contributed by atoms with van der Waals surface area (Å²) in [6, 6.07) is 3.35. The highest BCUT2D eigenvalue weighted by molar-refractivity contribution is 6.31. The van der Waals surface area contributed by atoms with Crippen LogP contribution in [0.2, 0.25) is 5.02 Å². The van der Waals surface area contributed by atoms with Crippen LogP contribution in [0.4, 0.5) is 15.8 Å². The molecule has 0 bridgehead atoms. The van der Waals surface area contributed by atoms with Crippen molar-refractivity contribution in [2.45, 2.75) is 32.7 Å². The third-order valence-electron chi connectivity index (χ3n) is 3.23. The van der Waals surface area contributed by atoms with Gasteiger partial charge in [0.05, 0.1) is 16.4 Å². The Morgan fingerprint density at radius 1 is 1.37 bits per heavy atom. The first-order valence-corrected chi connectivity index (χ1v) is 6.98. The Morgan fingerprint density at radius 3 is 2.68 bits per heavy atom. The summed E-state index contributed by atoms with van der Waals surface area (Å²) in [7, 11) is 2.12. The molecule has 0 aromatic heterocycles. The normalized spacial score (nSPS) is 11.3. The molecule has 1 aromatic rings. The monoisotopic (exact) mass is 287 g/mol. The standard InChI is InChI=1S/C14H23ClFN3/c1-10(2)19(3)7-5-4-6-18-14-8-11(15)12(16)9-13(14)17/h8-10,18H,4-7,17H2,1-3H3. The smallest absolute Gasteiger partial charge is 0.143 e. The zero-order chi connectivity index (χ0) is 14.4. The molecule has 0 heterocycles. The highest BCUT2D eigenvalue weighted by atomic mass is 35.5. The molecule has 0 saturated heterocycles. The molecule has 0 radical (unpaired) electrons. The predicted octanol–water partition coefficient (Wildman–Crippen LogP) is 3.59. The van der Waals surface area contributed by atoms with Gasteiger partial charge in [-0.05, 0) is 46.3 Å². The Kier molecular flexibility index (Phi) is 6.38. The Morgan fingerprint density at radius 2 is 2.05 bits per heavy atom. The van der Waals surface area contributed by atoms with Crippen molar-refractivity contribution < 1.29 is 4.39 Å². The molecule has 0 saturated carbocycles. The van der Waals surface area contributed by atoms with E-state index in [9.17, 15) is 4.39 Å². The number of nitrogens with one attached hydrogen (secondary N) is 1. The van der Waals surface area contributed by atoms with Crippen LogP contribution < -0.4 is 11.1 Å². The molecule has 0 aliphatic carbocycles. The van der Waals surface area contributed by atoms with Crippen LogP contribution in [0.5, 0.6) is 0 Å². The van der Waals surface area contributed by atoms with E-state index in [0.717, 1.165) is 25.9 Å². The maximum atomic E-state index is 13.1. The van der Waals surface area contributed by atoms with E-state index in [1.54, 1.807) is 0 Å². The highest BCUT2D eigenvalue weighted by Gasteiger charge is 2.06. The zero-order valence-corrected chi connectivity index (χ0v) is 12.6. The Bertz CT molecular complexity index is 410. The van der Waals surface area contributed by atoms with Crippen molar-refractivity contribution in [1.29, 1.82) is 0 Å². The summed E-state index contributed by atoms with van der Waals surface area (Å²) in [6.45, 7) is 6.23. The topological polar surface area (TPSA) is 41.3 Å². The van der Waals surface area contributed by atoms with Gasteiger partial charge in [-0.25, -0.2) is 4.39 Å². The first-order valence-electron chi connectivity index (χ1n) is 6.60. The van der Waals surface area contributed by atoms with Crippen LogP contribution in [-0.4, -0.2) is 31.1 Å². The molecule has 3 nitrogen and oxygen atoms in total. The molecule has 1 rings (SSSR count). The fourth-order valence-electron chi connectivity index (χ4n) is 1.68. The maximum absolute atomic E-state index is 13.1. The van der Waals surface area contributed by atoms with Crippen LogP contribution in [-0.2, 0) is 0 Å². The average molecular weight is 288 g/mol. The van der Waals surface area contributed by atoms with Crippen LogP contribution >= 0.6 is 11.6 Å². The van der Waals surface area contributed by atoms with Gasteiger partial charge in [-0.15, -0.1) is 0 Å². The Balaban J connectivity index is 2.32. The third-order valence-corrected chi connectivity index (χ3v) is 3.52. The minimum absolute atomic E-state index is 0.0937.